The molecule has 0 aliphatic carbocycles. The van der Waals surface area contributed by atoms with Crippen molar-refractivity contribution in [1.29, 1.82) is 0 Å². The van der Waals surface area contributed by atoms with Gasteiger partial charge in [0, 0.05) is 45.5 Å². The van der Waals surface area contributed by atoms with E-state index in [1.165, 1.54) is 25.7 Å². The number of hydrogen-bond donors (Lipinski definition) is 2. The van der Waals surface area contributed by atoms with Crippen molar-refractivity contribution in [2.75, 3.05) is 51.2 Å². The maximum atomic E-state index is 4.69. The van der Waals surface area contributed by atoms with E-state index in [2.05, 4.69) is 63.4 Å². The molecule has 6 heteroatoms. The number of likely N-dealkylation sites (N-methyl/N-ethyl adjacent to an activating group) is 1. The van der Waals surface area contributed by atoms with Crippen LogP contribution in [0.2, 0.25) is 0 Å². The lowest BCUT2D eigenvalue weighted by atomic mass is 10.2. The summed E-state index contributed by atoms with van der Waals surface area (Å²) in [5.74, 6) is 1.97. The molecule has 2 N–H and O–H groups in total. The molecule has 26 heavy (non-hydrogen) atoms. The second-order valence-electron chi connectivity index (χ2n) is 7.00. The van der Waals surface area contributed by atoms with Crippen molar-refractivity contribution in [2.24, 2.45) is 4.99 Å². The Kier molecular flexibility index (Phi) is 9.24. The predicted molar refractivity (Wildman–Crippen MR) is 111 cm³/mol. The summed E-state index contributed by atoms with van der Waals surface area (Å²) in [4.78, 5) is 14.0. The van der Waals surface area contributed by atoms with E-state index >= 15 is 0 Å². The van der Waals surface area contributed by atoms with Gasteiger partial charge in [-0.1, -0.05) is 32.3 Å². The summed E-state index contributed by atoms with van der Waals surface area (Å²) < 4.78 is 0. The Morgan fingerprint density at radius 1 is 1.08 bits per heavy atom. The normalized spacial score (nSPS) is 16.0. The van der Waals surface area contributed by atoms with Crippen molar-refractivity contribution in [2.45, 2.75) is 46.1 Å². The molecule has 6 nitrogen and oxygen atoms in total. The first kappa shape index (κ1) is 20.5. The number of nitrogens with one attached hydrogen (secondary N) is 2. The fraction of sp³-hybridized carbons (Fsp3) is 0.700. The van der Waals surface area contributed by atoms with Crippen molar-refractivity contribution in [3.8, 4) is 0 Å². The molecule has 2 rings (SSSR count). The molecule has 146 valence electrons. The Morgan fingerprint density at radius 2 is 1.88 bits per heavy atom. The van der Waals surface area contributed by atoms with Crippen LogP contribution in [0.4, 0.5) is 5.82 Å². The first-order valence-corrected chi connectivity index (χ1v) is 10.1. The minimum Gasteiger partial charge on any atom is -0.357 e. The lowest BCUT2D eigenvalue weighted by Crippen LogP contribution is -2.44. The number of aromatic nitrogens is 1. The fourth-order valence-electron chi connectivity index (χ4n) is 3.00. The molecular formula is C20H36N6. The number of nitrogens with zero attached hydrogens (tertiary/aromatic N) is 4. The number of pyridine rings is 1. The van der Waals surface area contributed by atoms with Gasteiger partial charge in [-0.2, -0.15) is 0 Å². The van der Waals surface area contributed by atoms with Gasteiger partial charge in [0.25, 0.3) is 0 Å². The molecule has 0 saturated carbocycles. The molecule has 0 aromatic carbocycles. The van der Waals surface area contributed by atoms with Gasteiger partial charge in [0.05, 0.1) is 6.54 Å². The highest BCUT2D eigenvalue weighted by atomic mass is 15.3. The molecular weight excluding hydrogens is 324 g/mol. The Morgan fingerprint density at radius 3 is 2.54 bits per heavy atom. The summed E-state index contributed by atoms with van der Waals surface area (Å²) in [6.45, 7) is 11.1. The predicted octanol–water partition coefficient (Wildman–Crippen LogP) is 2.47. The Labute approximate surface area is 159 Å². The molecule has 0 unspecified atom stereocenters. The summed E-state index contributed by atoms with van der Waals surface area (Å²) in [7, 11) is 2.17. The highest BCUT2D eigenvalue weighted by Gasteiger charge is 2.14. The molecule has 1 fully saturated rings. The summed E-state index contributed by atoms with van der Waals surface area (Å²) in [6, 6.07) is 4.27. The zero-order valence-electron chi connectivity index (χ0n) is 16.8. The van der Waals surface area contributed by atoms with Crippen molar-refractivity contribution in [3.05, 3.63) is 23.9 Å². The third-order valence-electron chi connectivity index (χ3n) is 4.72. The first-order valence-electron chi connectivity index (χ1n) is 10.1. The van der Waals surface area contributed by atoms with E-state index < -0.39 is 0 Å². The fourth-order valence-corrected chi connectivity index (χ4v) is 3.00. The van der Waals surface area contributed by atoms with Gasteiger partial charge >= 0.3 is 0 Å². The van der Waals surface area contributed by atoms with Crippen LogP contribution in [-0.4, -0.2) is 62.2 Å². The van der Waals surface area contributed by atoms with Crippen molar-refractivity contribution in [1.82, 2.24) is 20.5 Å². The minimum absolute atomic E-state index is 0.653. The van der Waals surface area contributed by atoms with E-state index in [4.69, 9.17) is 0 Å². The highest BCUT2D eigenvalue weighted by molar-refractivity contribution is 5.79. The molecule has 1 aliphatic rings. The van der Waals surface area contributed by atoms with Crippen molar-refractivity contribution >= 4 is 11.8 Å². The van der Waals surface area contributed by atoms with Crippen LogP contribution < -0.4 is 15.5 Å². The molecule has 0 bridgehead atoms. The largest absolute Gasteiger partial charge is 0.357 e. The zero-order valence-corrected chi connectivity index (χ0v) is 16.8. The van der Waals surface area contributed by atoms with Crippen LogP contribution in [0.3, 0.4) is 0 Å². The smallest absolute Gasteiger partial charge is 0.191 e. The summed E-state index contributed by atoms with van der Waals surface area (Å²) in [5.41, 5.74) is 1.14. The van der Waals surface area contributed by atoms with Crippen LogP contribution in [0.25, 0.3) is 0 Å². The monoisotopic (exact) mass is 360 g/mol. The Balaban J connectivity index is 1.82. The van der Waals surface area contributed by atoms with E-state index in [1.54, 1.807) is 0 Å². The van der Waals surface area contributed by atoms with Gasteiger partial charge in [-0.25, -0.2) is 9.98 Å². The maximum Gasteiger partial charge on any atom is 0.191 e. The lowest BCUT2D eigenvalue weighted by Gasteiger charge is -2.33. The number of piperazine rings is 1. The SMILES string of the molecule is CCCCCCNC(=NCc1ccc(N2CCN(C)CC2)nc1)NCC. The molecule has 0 amide bonds. The number of aliphatic imine (C=N–C) groups is 1. The molecule has 0 spiro atoms. The standard InChI is InChI=1S/C20H36N6/c1-4-6-7-8-11-22-20(21-5-2)24-17-18-9-10-19(23-16-18)26-14-12-25(3)13-15-26/h9-10,16H,4-8,11-15,17H2,1-3H3,(H2,21,22,24). The molecule has 1 aromatic rings. The van der Waals surface area contributed by atoms with Gasteiger partial charge in [0.2, 0.25) is 0 Å². The van der Waals surface area contributed by atoms with Crippen LogP contribution in [0, 0.1) is 0 Å². The number of anilines is 1. The van der Waals surface area contributed by atoms with Crippen molar-refractivity contribution in [3.63, 3.8) is 0 Å². The highest BCUT2D eigenvalue weighted by Crippen LogP contribution is 2.14. The van der Waals surface area contributed by atoms with Gasteiger partial charge in [-0.05, 0) is 32.0 Å². The van der Waals surface area contributed by atoms with Gasteiger partial charge < -0.3 is 20.4 Å². The molecule has 1 aromatic heterocycles. The molecule has 1 aliphatic heterocycles. The van der Waals surface area contributed by atoms with Crippen LogP contribution >= 0.6 is 0 Å². The third-order valence-corrected chi connectivity index (χ3v) is 4.72. The average Bonchev–Trinajstić information content (AvgIpc) is 2.67. The number of guanidine groups is 1. The topological polar surface area (TPSA) is 55.8 Å². The zero-order chi connectivity index (χ0) is 18.6. The summed E-state index contributed by atoms with van der Waals surface area (Å²) in [5, 5.41) is 6.74. The van der Waals surface area contributed by atoms with Crippen LogP contribution in [-0.2, 0) is 6.54 Å². The third kappa shape index (κ3) is 7.20. The average molecular weight is 361 g/mol. The van der Waals surface area contributed by atoms with E-state index in [9.17, 15) is 0 Å². The molecule has 1 saturated heterocycles. The van der Waals surface area contributed by atoms with E-state index in [0.29, 0.717) is 6.54 Å². The number of rotatable bonds is 9. The molecule has 2 heterocycles. The van der Waals surface area contributed by atoms with Gasteiger partial charge in [-0.15, -0.1) is 0 Å². The summed E-state index contributed by atoms with van der Waals surface area (Å²) >= 11 is 0. The van der Waals surface area contributed by atoms with E-state index in [0.717, 1.165) is 56.6 Å². The van der Waals surface area contributed by atoms with E-state index in [1.807, 2.05) is 6.20 Å². The molecule has 0 atom stereocenters. The van der Waals surface area contributed by atoms with E-state index in [-0.39, 0.29) is 0 Å². The Hall–Kier alpha value is -1.82. The maximum absolute atomic E-state index is 4.69. The van der Waals surface area contributed by atoms with Crippen LogP contribution in [0.15, 0.2) is 23.3 Å². The van der Waals surface area contributed by atoms with Gasteiger partial charge in [0.15, 0.2) is 5.96 Å². The number of hydrogen-bond acceptors (Lipinski definition) is 4. The lowest BCUT2D eigenvalue weighted by molar-refractivity contribution is 0.312. The Bertz CT molecular complexity index is 520. The second kappa shape index (κ2) is 11.7. The van der Waals surface area contributed by atoms with Crippen LogP contribution in [0.1, 0.15) is 45.1 Å². The second-order valence-corrected chi connectivity index (χ2v) is 7.00. The summed E-state index contributed by atoms with van der Waals surface area (Å²) in [6.07, 6.45) is 7.01. The van der Waals surface area contributed by atoms with Gasteiger partial charge in [-0.3, -0.25) is 0 Å². The quantitative estimate of drug-likeness (QED) is 0.402. The van der Waals surface area contributed by atoms with Crippen molar-refractivity contribution < 1.29 is 0 Å². The number of unbranched alkanes of at least 4 members (excludes halogenated alkanes) is 3. The van der Waals surface area contributed by atoms with Gasteiger partial charge in [0.1, 0.15) is 5.82 Å². The minimum atomic E-state index is 0.653. The molecule has 0 radical (unpaired) electrons. The first-order chi connectivity index (χ1) is 12.7. The van der Waals surface area contributed by atoms with Crippen LogP contribution in [0.5, 0.6) is 0 Å².